The number of nitrogens with zero attached hydrogens (tertiary/aromatic N) is 2. The third kappa shape index (κ3) is 3.44. The molecule has 0 amide bonds. The first-order valence-electron chi connectivity index (χ1n) is 5.93. The maximum atomic E-state index is 5.79. The number of hydrogen-bond donors (Lipinski definition) is 0. The Labute approximate surface area is 94.4 Å². The van der Waals surface area contributed by atoms with Crippen molar-refractivity contribution in [2.24, 2.45) is 0 Å². The number of likely N-dealkylation sites (tertiary alicyclic amines) is 1. The highest BCUT2D eigenvalue weighted by Crippen LogP contribution is 2.26. The molecule has 1 aliphatic rings. The van der Waals surface area contributed by atoms with Gasteiger partial charge in [-0.2, -0.15) is 0 Å². The number of hydrogen-bond acceptors (Lipinski definition) is 3. The van der Waals surface area contributed by atoms with E-state index in [1.54, 1.807) is 0 Å². The summed E-state index contributed by atoms with van der Waals surface area (Å²) in [5.41, 5.74) is 0.0476. The van der Waals surface area contributed by atoms with Crippen molar-refractivity contribution in [3.63, 3.8) is 0 Å². The van der Waals surface area contributed by atoms with Crippen LogP contribution in [-0.2, 0) is 4.74 Å². The van der Waals surface area contributed by atoms with Crippen molar-refractivity contribution in [3.05, 3.63) is 0 Å². The predicted molar refractivity (Wildman–Crippen MR) is 64.2 cm³/mol. The van der Waals surface area contributed by atoms with Gasteiger partial charge in [-0.05, 0) is 47.3 Å². The first kappa shape index (κ1) is 12.9. The summed E-state index contributed by atoms with van der Waals surface area (Å²) in [7, 11) is 6.09. The van der Waals surface area contributed by atoms with Crippen LogP contribution in [0.2, 0.25) is 0 Å². The molecular weight excluding hydrogens is 188 g/mol. The van der Waals surface area contributed by atoms with Crippen LogP contribution in [0.5, 0.6) is 0 Å². The van der Waals surface area contributed by atoms with Crippen LogP contribution in [0.1, 0.15) is 26.7 Å². The molecule has 15 heavy (non-hydrogen) atoms. The molecule has 1 rings (SSSR count). The number of likely N-dealkylation sites (N-methyl/N-ethyl adjacent to an activating group) is 1. The van der Waals surface area contributed by atoms with Crippen molar-refractivity contribution in [2.75, 3.05) is 40.8 Å². The molecule has 0 aliphatic carbocycles. The van der Waals surface area contributed by atoms with E-state index in [1.165, 1.54) is 19.4 Å². The molecule has 0 N–H and O–H groups in total. The fraction of sp³-hybridized carbons (Fsp3) is 1.00. The minimum atomic E-state index is 0.0476. The van der Waals surface area contributed by atoms with Crippen LogP contribution >= 0.6 is 0 Å². The second-order valence-electron chi connectivity index (χ2n) is 5.29. The molecule has 0 bridgehead atoms. The molecule has 0 radical (unpaired) electrons. The van der Waals surface area contributed by atoms with E-state index in [2.05, 4.69) is 37.7 Å². The van der Waals surface area contributed by atoms with Gasteiger partial charge in [0.15, 0.2) is 0 Å². The van der Waals surface area contributed by atoms with E-state index in [9.17, 15) is 0 Å². The van der Waals surface area contributed by atoms with Gasteiger partial charge in [0.25, 0.3) is 0 Å². The first-order chi connectivity index (χ1) is 6.99. The summed E-state index contributed by atoms with van der Waals surface area (Å²) in [5.74, 6) is 0. The molecule has 0 aromatic carbocycles. The van der Waals surface area contributed by atoms with E-state index in [-0.39, 0.29) is 5.60 Å². The molecule has 1 saturated heterocycles. The Kier molecular flexibility index (Phi) is 4.56. The molecule has 0 aromatic heterocycles. The Balaban J connectivity index is 2.63. The molecule has 3 heteroatoms. The molecule has 1 aliphatic heterocycles. The van der Waals surface area contributed by atoms with Gasteiger partial charge in [0.2, 0.25) is 0 Å². The van der Waals surface area contributed by atoms with Gasteiger partial charge in [0.05, 0.1) is 5.60 Å². The summed E-state index contributed by atoms with van der Waals surface area (Å²) in [5, 5.41) is 0. The summed E-state index contributed by atoms with van der Waals surface area (Å²) in [6.07, 6.45) is 2.44. The van der Waals surface area contributed by atoms with E-state index >= 15 is 0 Å². The second-order valence-corrected chi connectivity index (χ2v) is 5.29. The van der Waals surface area contributed by atoms with Gasteiger partial charge < -0.3 is 9.64 Å². The lowest BCUT2D eigenvalue weighted by Crippen LogP contribution is -2.55. The number of ether oxygens (including phenoxy) is 1. The van der Waals surface area contributed by atoms with Gasteiger partial charge >= 0.3 is 0 Å². The highest BCUT2D eigenvalue weighted by atomic mass is 16.5. The molecular formula is C12H26N2O. The quantitative estimate of drug-likeness (QED) is 0.704. The van der Waals surface area contributed by atoms with Gasteiger partial charge in [-0.1, -0.05) is 0 Å². The fourth-order valence-electron chi connectivity index (χ4n) is 2.51. The van der Waals surface area contributed by atoms with Gasteiger partial charge in [-0.15, -0.1) is 0 Å². The molecule has 0 aromatic rings. The smallest absolute Gasteiger partial charge is 0.0931 e. The van der Waals surface area contributed by atoms with Crippen LogP contribution in [0.4, 0.5) is 0 Å². The van der Waals surface area contributed by atoms with E-state index in [1.807, 2.05) is 7.11 Å². The van der Waals surface area contributed by atoms with Gasteiger partial charge in [0.1, 0.15) is 0 Å². The topological polar surface area (TPSA) is 15.7 Å². The average Bonchev–Trinajstić information content (AvgIpc) is 2.17. The summed E-state index contributed by atoms with van der Waals surface area (Å²) >= 11 is 0. The van der Waals surface area contributed by atoms with Crippen molar-refractivity contribution < 1.29 is 4.74 Å². The molecule has 90 valence electrons. The van der Waals surface area contributed by atoms with Crippen molar-refractivity contribution >= 4 is 0 Å². The van der Waals surface area contributed by atoms with Gasteiger partial charge in [-0.25, -0.2) is 0 Å². The van der Waals surface area contributed by atoms with Crippen LogP contribution in [0, 0.1) is 0 Å². The summed E-state index contributed by atoms with van der Waals surface area (Å²) in [6, 6.07) is 0.627. The van der Waals surface area contributed by atoms with E-state index in [4.69, 9.17) is 4.74 Å². The SMILES string of the molecule is COC1(CN(C)C)CCCN(C(C)C)C1. The standard InChI is InChI=1S/C12H26N2O/c1-11(2)14-8-6-7-12(10-14,15-5)9-13(3)4/h11H,6-10H2,1-5H3. The lowest BCUT2D eigenvalue weighted by Gasteiger charge is -2.44. The van der Waals surface area contributed by atoms with Crippen LogP contribution in [-0.4, -0.2) is 62.3 Å². The van der Waals surface area contributed by atoms with Crippen molar-refractivity contribution in [1.82, 2.24) is 9.80 Å². The average molecular weight is 214 g/mol. The van der Waals surface area contributed by atoms with Crippen LogP contribution in [0.25, 0.3) is 0 Å². The third-order valence-corrected chi connectivity index (χ3v) is 3.34. The maximum absolute atomic E-state index is 5.79. The van der Waals surface area contributed by atoms with Gasteiger partial charge in [-0.3, -0.25) is 4.90 Å². The third-order valence-electron chi connectivity index (χ3n) is 3.34. The Morgan fingerprint density at radius 1 is 1.40 bits per heavy atom. The lowest BCUT2D eigenvalue weighted by atomic mass is 9.91. The Bertz CT molecular complexity index is 194. The molecule has 1 heterocycles. The van der Waals surface area contributed by atoms with Crippen LogP contribution < -0.4 is 0 Å². The molecule has 0 spiro atoms. The van der Waals surface area contributed by atoms with Crippen molar-refractivity contribution in [2.45, 2.75) is 38.3 Å². The van der Waals surface area contributed by atoms with Crippen LogP contribution in [0.3, 0.4) is 0 Å². The van der Waals surface area contributed by atoms with Crippen LogP contribution in [0.15, 0.2) is 0 Å². The highest BCUT2D eigenvalue weighted by molar-refractivity contribution is 4.91. The summed E-state index contributed by atoms with van der Waals surface area (Å²) < 4.78 is 5.79. The molecule has 1 atom stereocenters. The zero-order valence-corrected chi connectivity index (χ0v) is 10.9. The normalized spacial score (nSPS) is 29.0. The predicted octanol–water partition coefficient (Wildman–Crippen LogP) is 1.44. The summed E-state index contributed by atoms with van der Waals surface area (Å²) in [4.78, 5) is 4.75. The maximum Gasteiger partial charge on any atom is 0.0931 e. The largest absolute Gasteiger partial charge is 0.376 e. The number of rotatable bonds is 4. The zero-order chi connectivity index (χ0) is 11.5. The molecule has 3 nitrogen and oxygen atoms in total. The van der Waals surface area contributed by atoms with Crippen molar-refractivity contribution in [1.29, 1.82) is 0 Å². The Morgan fingerprint density at radius 3 is 2.53 bits per heavy atom. The monoisotopic (exact) mass is 214 g/mol. The molecule has 1 fully saturated rings. The van der Waals surface area contributed by atoms with E-state index in [0.29, 0.717) is 6.04 Å². The molecule has 1 unspecified atom stereocenters. The highest BCUT2D eigenvalue weighted by Gasteiger charge is 2.36. The Hall–Kier alpha value is -0.120. The van der Waals surface area contributed by atoms with E-state index in [0.717, 1.165) is 13.1 Å². The molecule has 0 saturated carbocycles. The lowest BCUT2D eigenvalue weighted by molar-refractivity contribution is -0.0829. The first-order valence-corrected chi connectivity index (χ1v) is 5.93. The second kappa shape index (κ2) is 5.28. The van der Waals surface area contributed by atoms with Gasteiger partial charge in [0, 0.05) is 26.2 Å². The number of piperidine rings is 1. The van der Waals surface area contributed by atoms with Crippen molar-refractivity contribution in [3.8, 4) is 0 Å². The zero-order valence-electron chi connectivity index (χ0n) is 10.9. The fourth-order valence-corrected chi connectivity index (χ4v) is 2.51. The Morgan fingerprint density at radius 2 is 2.07 bits per heavy atom. The number of methoxy groups -OCH3 is 1. The minimum Gasteiger partial charge on any atom is -0.376 e. The summed E-state index contributed by atoms with van der Waals surface area (Å²) in [6.45, 7) is 7.84. The van der Waals surface area contributed by atoms with E-state index < -0.39 is 0 Å². The minimum absolute atomic E-state index is 0.0476.